The molecule has 1 atom stereocenters. The molecule has 2 nitrogen and oxygen atoms in total. The van der Waals surface area contributed by atoms with E-state index in [1.165, 1.54) is 44.6 Å². The molecule has 2 fully saturated rings. The maximum absolute atomic E-state index is 3.84. The summed E-state index contributed by atoms with van der Waals surface area (Å²) in [7, 11) is 0. The molecule has 16 heavy (non-hydrogen) atoms. The van der Waals surface area contributed by atoms with Crippen molar-refractivity contribution in [3.63, 3.8) is 0 Å². The van der Waals surface area contributed by atoms with Crippen molar-refractivity contribution in [1.29, 1.82) is 0 Å². The summed E-state index contributed by atoms with van der Waals surface area (Å²) < 4.78 is 0. The van der Waals surface area contributed by atoms with Crippen molar-refractivity contribution >= 4 is 11.8 Å². The SMILES string of the molecule is CC(C)CN1CCC2(CC1)NC(C)CCS2. The second-order valence-electron chi connectivity index (χ2n) is 5.87. The summed E-state index contributed by atoms with van der Waals surface area (Å²) in [5, 5.41) is 3.84. The Morgan fingerprint density at radius 1 is 1.38 bits per heavy atom. The van der Waals surface area contributed by atoms with Gasteiger partial charge in [0.1, 0.15) is 0 Å². The van der Waals surface area contributed by atoms with E-state index >= 15 is 0 Å². The number of rotatable bonds is 2. The first-order chi connectivity index (χ1) is 7.60. The van der Waals surface area contributed by atoms with Crippen LogP contribution in [-0.2, 0) is 0 Å². The standard InChI is InChI=1S/C13H26N2S/c1-11(2)10-15-7-5-13(6-8-15)14-12(3)4-9-16-13/h11-12,14H,4-10H2,1-3H3. The molecule has 0 aromatic carbocycles. The van der Waals surface area contributed by atoms with E-state index in [2.05, 4.69) is 42.7 Å². The second-order valence-corrected chi connectivity index (χ2v) is 7.35. The molecule has 2 heterocycles. The van der Waals surface area contributed by atoms with Crippen LogP contribution in [0, 0.1) is 5.92 Å². The van der Waals surface area contributed by atoms with Crippen molar-refractivity contribution in [2.24, 2.45) is 5.92 Å². The van der Waals surface area contributed by atoms with Gasteiger partial charge in [-0.2, -0.15) is 0 Å². The maximum atomic E-state index is 3.84. The smallest absolute Gasteiger partial charge is 0.0671 e. The fourth-order valence-corrected chi connectivity index (χ4v) is 4.51. The molecule has 2 aliphatic heterocycles. The van der Waals surface area contributed by atoms with Gasteiger partial charge >= 0.3 is 0 Å². The van der Waals surface area contributed by atoms with E-state index in [9.17, 15) is 0 Å². The van der Waals surface area contributed by atoms with Gasteiger partial charge in [0.2, 0.25) is 0 Å². The fourth-order valence-electron chi connectivity index (χ4n) is 2.90. The topological polar surface area (TPSA) is 15.3 Å². The summed E-state index contributed by atoms with van der Waals surface area (Å²) in [6.07, 6.45) is 3.99. The van der Waals surface area contributed by atoms with Gasteiger partial charge in [0.25, 0.3) is 0 Å². The Morgan fingerprint density at radius 2 is 2.06 bits per heavy atom. The lowest BCUT2D eigenvalue weighted by Crippen LogP contribution is -2.56. The van der Waals surface area contributed by atoms with E-state index in [1.807, 2.05) is 0 Å². The lowest BCUT2D eigenvalue weighted by Gasteiger charge is -2.46. The van der Waals surface area contributed by atoms with E-state index in [0.29, 0.717) is 4.87 Å². The molecule has 1 N–H and O–H groups in total. The van der Waals surface area contributed by atoms with E-state index < -0.39 is 0 Å². The quantitative estimate of drug-likeness (QED) is 0.801. The van der Waals surface area contributed by atoms with Gasteiger partial charge in [-0.3, -0.25) is 0 Å². The number of nitrogens with one attached hydrogen (secondary N) is 1. The van der Waals surface area contributed by atoms with Crippen LogP contribution in [0.4, 0.5) is 0 Å². The van der Waals surface area contributed by atoms with Gasteiger partial charge in [-0.1, -0.05) is 13.8 Å². The van der Waals surface area contributed by atoms with Gasteiger partial charge in [-0.15, -0.1) is 11.8 Å². The van der Waals surface area contributed by atoms with Crippen molar-refractivity contribution in [2.45, 2.75) is 50.9 Å². The molecule has 0 aliphatic carbocycles. The van der Waals surface area contributed by atoms with Crippen LogP contribution >= 0.6 is 11.8 Å². The third-order valence-corrected chi connectivity index (χ3v) is 5.24. The van der Waals surface area contributed by atoms with Crippen LogP contribution in [0.2, 0.25) is 0 Å². The van der Waals surface area contributed by atoms with Crippen LogP contribution < -0.4 is 5.32 Å². The number of hydrogen-bond acceptors (Lipinski definition) is 3. The van der Waals surface area contributed by atoms with E-state index in [0.717, 1.165) is 12.0 Å². The van der Waals surface area contributed by atoms with Gasteiger partial charge in [0.05, 0.1) is 4.87 Å². The molecule has 1 spiro atoms. The van der Waals surface area contributed by atoms with Gasteiger partial charge < -0.3 is 10.2 Å². The molecule has 2 aliphatic rings. The van der Waals surface area contributed by atoms with Crippen molar-refractivity contribution in [3.05, 3.63) is 0 Å². The Morgan fingerprint density at radius 3 is 2.62 bits per heavy atom. The average Bonchev–Trinajstić information content (AvgIpc) is 2.21. The van der Waals surface area contributed by atoms with E-state index in [4.69, 9.17) is 0 Å². The van der Waals surface area contributed by atoms with Gasteiger partial charge in [-0.25, -0.2) is 0 Å². The minimum absolute atomic E-state index is 0.422. The van der Waals surface area contributed by atoms with Crippen LogP contribution in [0.25, 0.3) is 0 Å². The highest BCUT2D eigenvalue weighted by molar-refractivity contribution is 8.00. The summed E-state index contributed by atoms with van der Waals surface area (Å²) in [5.41, 5.74) is 0. The third-order valence-electron chi connectivity index (χ3n) is 3.73. The predicted octanol–water partition coefficient (Wildman–Crippen LogP) is 2.55. The highest BCUT2D eigenvalue weighted by Gasteiger charge is 2.37. The van der Waals surface area contributed by atoms with Crippen LogP contribution in [0.1, 0.15) is 40.0 Å². The van der Waals surface area contributed by atoms with Crippen molar-refractivity contribution in [3.8, 4) is 0 Å². The van der Waals surface area contributed by atoms with Gasteiger partial charge in [0, 0.05) is 25.7 Å². The first-order valence-corrected chi connectivity index (χ1v) is 7.72. The zero-order valence-corrected chi connectivity index (χ0v) is 11.8. The molecule has 2 rings (SSSR count). The molecule has 94 valence electrons. The largest absolute Gasteiger partial charge is 0.303 e. The number of likely N-dealkylation sites (tertiary alicyclic amines) is 1. The van der Waals surface area contributed by atoms with Crippen molar-refractivity contribution in [2.75, 3.05) is 25.4 Å². The molecule has 0 bridgehead atoms. The highest BCUT2D eigenvalue weighted by Crippen LogP contribution is 2.37. The lowest BCUT2D eigenvalue weighted by molar-refractivity contribution is 0.159. The first-order valence-electron chi connectivity index (χ1n) is 6.74. The van der Waals surface area contributed by atoms with E-state index in [-0.39, 0.29) is 0 Å². The fraction of sp³-hybridized carbons (Fsp3) is 1.00. The third kappa shape index (κ3) is 3.14. The monoisotopic (exact) mass is 242 g/mol. The molecule has 1 unspecified atom stereocenters. The van der Waals surface area contributed by atoms with Gasteiger partial charge in [-0.05, 0) is 37.9 Å². The Bertz CT molecular complexity index is 222. The van der Waals surface area contributed by atoms with Crippen LogP contribution in [0.15, 0.2) is 0 Å². The Balaban J connectivity index is 1.83. The van der Waals surface area contributed by atoms with Gasteiger partial charge in [0.15, 0.2) is 0 Å². The molecule has 0 saturated carbocycles. The first kappa shape index (κ1) is 12.7. The molecular weight excluding hydrogens is 216 g/mol. The Hall–Kier alpha value is 0.270. The molecule has 2 saturated heterocycles. The summed E-state index contributed by atoms with van der Waals surface area (Å²) in [6.45, 7) is 10.8. The summed E-state index contributed by atoms with van der Waals surface area (Å²) in [5.74, 6) is 2.15. The molecule has 0 aromatic heterocycles. The highest BCUT2D eigenvalue weighted by atomic mass is 32.2. The number of thioether (sulfide) groups is 1. The van der Waals surface area contributed by atoms with Crippen LogP contribution in [-0.4, -0.2) is 41.2 Å². The minimum Gasteiger partial charge on any atom is -0.303 e. The zero-order chi connectivity index (χ0) is 11.6. The Labute approximate surface area is 105 Å². The summed E-state index contributed by atoms with van der Waals surface area (Å²) in [6, 6.07) is 0.720. The molecule has 0 radical (unpaired) electrons. The molecule has 0 aromatic rings. The maximum Gasteiger partial charge on any atom is 0.0671 e. The minimum atomic E-state index is 0.422. The summed E-state index contributed by atoms with van der Waals surface area (Å²) in [4.78, 5) is 3.06. The molecule has 0 amide bonds. The van der Waals surface area contributed by atoms with Crippen LogP contribution in [0.5, 0.6) is 0 Å². The zero-order valence-electron chi connectivity index (χ0n) is 11.0. The van der Waals surface area contributed by atoms with E-state index in [1.54, 1.807) is 0 Å². The van der Waals surface area contributed by atoms with Crippen molar-refractivity contribution in [1.82, 2.24) is 10.2 Å². The lowest BCUT2D eigenvalue weighted by atomic mass is 10.0. The Kier molecular flexibility index (Phi) is 4.20. The van der Waals surface area contributed by atoms with Crippen molar-refractivity contribution < 1.29 is 0 Å². The molecular formula is C13H26N2S. The normalized spacial score (nSPS) is 31.1. The molecule has 3 heteroatoms. The average molecular weight is 242 g/mol. The summed E-state index contributed by atoms with van der Waals surface area (Å²) >= 11 is 2.17. The number of piperidine rings is 1. The predicted molar refractivity (Wildman–Crippen MR) is 72.9 cm³/mol. The number of hydrogen-bond donors (Lipinski definition) is 1. The number of nitrogens with zero attached hydrogens (tertiary/aromatic N) is 1. The van der Waals surface area contributed by atoms with Crippen LogP contribution in [0.3, 0.4) is 0 Å². The second kappa shape index (κ2) is 5.28.